The lowest BCUT2D eigenvalue weighted by Crippen LogP contribution is -2.38. The van der Waals surface area contributed by atoms with Gasteiger partial charge in [0.05, 0.1) is 12.1 Å². The maximum Gasteiger partial charge on any atom is 0.227 e. The maximum absolute atomic E-state index is 13.4. The normalized spacial score (nSPS) is 19.5. The molecule has 3 rings (SSSR count). The van der Waals surface area contributed by atoms with E-state index < -0.39 is 0 Å². The highest BCUT2D eigenvalue weighted by Gasteiger charge is 2.36. The van der Waals surface area contributed by atoms with Gasteiger partial charge in [-0.2, -0.15) is 5.10 Å². The first-order valence-corrected chi connectivity index (χ1v) is 8.31. The number of benzene rings is 1. The number of aromatic nitrogens is 2. The highest BCUT2D eigenvalue weighted by atomic mass is 35.5. The van der Waals surface area contributed by atoms with E-state index >= 15 is 0 Å². The SMILES string of the molecule is CCN(Cc1cccc(F)c1)C(=O)[C@H]1CNC[C@@H]1c1cnn(C)c1.Cl. The Balaban J connectivity index is 0.00000225. The van der Waals surface area contributed by atoms with E-state index in [1.807, 2.05) is 32.4 Å². The monoisotopic (exact) mass is 366 g/mol. The lowest BCUT2D eigenvalue weighted by atomic mass is 9.89. The molecule has 2 atom stereocenters. The van der Waals surface area contributed by atoms with Crippen molar-refractivity contribution in [2.75, 3.05) is 19.6 Å². The molecule has 1 amide bonds. The minimum atomic E-state index is -0.272. The van der Waals surface area contributed by atoms with Gasteiger partial charge in [0.1, 0.15) is 5.82 Å². The maximum atomic E-state index is 13.4. The second-order valence-corrected chi connectivity index (χ2v) is 6.30. The first kappa shape index (κ1) is 19.4. The Morgan fingerprint density at radius 3 is 2.88 bits per heavy atom. The van der Waals surface area contributed by atoms with Crippen molar-refractivity contribution in [2.45, 2.75) is 19.4 Å². The number of carbonyl (C=O) groups is 1. The van der Waals surface area contributed by atoms with Crippen molar-refractivity contribution in [3.63, 3.8) is 0 Å². The van der Waals surface area contributed by atoms with Crippen molar-refractivity contribution in [3.8, 4) is 0 Å². The number of aryl methyl sites for hydroxylation is 1. The van der Waals surface area contributed by atoms with Gasteiger partial charge < -0.3 is 10.2 Å². The van der Waals surface area contributed by atoms with Crippen LogP contribution in [-0.4, -0.2) is 40.2 Å². The number of nitrogens with zero attached hydrogens (tertiary/aromatic N) is 3. The van der Waals surface area contributed by atoms with Crippen molar-refractivity contribution >= 4 is 18.3 Å². The topological polar surface area (TPSA) is 50.2 Å². The Morgan fingerprint density at radius 1 is 1.44 bits per heavy atom. The summed E-state index contributed by atoms with van der Waals surface area (Å²) in [6.45, 7) is 4.44. The lowest BCUT2D eigenvalue weighted by molar-refractivity contribution is -0.135. The fraction of sp³-hybridized carbons (Fsp3) is 0.444. The molecule has 7 heteroatoms. The largest absolute Gasteiger partial charge is 0.338 e. The van der Waals surface area contributed by atoms with E-state index in [1.54, 1.807) is 15.6 Å². The van der Waals surface area contributed by atoms with Crippen molar-refractivity contribution < 1.29 is 9.18 Å². The number of hydrogen-bond donors (Lipinski definition) is 1. The quantitative estimate of drug-likeness (QED) is 0.883. The Labute approximate surface area is 153 Å². The third kappa shape index (κ3) is 4.38. The van der Waals surface area contributed by atoms with Crippen LogP contribution in [0.4, 0.5) is 4.39 Å². The van der Waals surface area contributed by atoms with E-state index in [-0.39, 0.29) is 36.0 Å². The second-order valence-electron chi connectivity index (χ2n) is 6.30. The van der Waals surface area contributed by atoms with Gasteiger partial charge in [-0.1, -0.05) is 12.1 Å². The molecule has 25 heavy (non-hydrogen) atoms. The number of carbonyl (C=O) groups excluding carboxylic acids is 1. The smallest absolute Gasteiger partial charge is 0.227 e. The molecule has 0 saturated carbocycles. The van der Waals surface area contributed by atoms with Crippen molar-refractivity contribution in [2.24, 2.45) is 13.0 Å². The van der Waals surface area contributed by atoms with Crippen LogP contribution in [0.1, 0.15) is 24.0 Å². The van der Waals surface area contributed by atoms with Crippen LogP contribution in [0, 0.1) is 11.7 Å². The molecule has 0 unspecified atom stereocenters. The van der Waals surface area contributed by atoms with Crippen LogP contribution in [0.3, 0.4) is 0 Å². The molecule has 136 valence electrons. The van der Waals surface area contributed by atoms with Gasteiger partial charge in [0.2, 0.25) is 5.91 Å². The third-order valence-electron chi connectivity index (χ3n) is 4.64. The predicted molar refractivity (Wildman–Crippen MR) is 97.0 cm³/mol. The van der Waals surface area contributed by atoms with Gasteiger partial charge in [-0.3, -0.25) is 9.48 Å². The standard InChI is InChI=1S/C18H23FN4O.ClH/c1-3-23(11-13-5-4-6-15(19)7-13)18(24)17-10-20-9-16(17)14-8-21-22(2)12-14;/h4-8,12,16-17,20H,3,9-11H2,1-2H3;1H/t16-,17+;/m1./s1. The molecular formula is C18H24ClFN4O. The average Bonchev–Trinajstić information content (AvgIpc) is 3.20. The van der Waals surface area contributed by atoms with E-state index in [9.17, 15) is 9.18 Å². The van der Waals surface area contributed by atoms with Gasteiger partial charge in [0.15, 0.2) is 0 Å². The summed E-state index contributed by atoms with van der Waals surface area (Å²) in [5.74, 6) is -0.136. The molecule has 0 spiro atoms. The van der Waals surface area contributed by atoms with E-state index in [0.29, 0.717) is 19.6 Å². The molecule has 5 nitrogen and oxygen atoms in total. The molecule has 1 N–H and O–H groups in total. The van der Waals surface area contributed by atoms with Gasteiger partial charge in [-0.05, 0) is 30.2 Å². The van der Waals surface area contributed by atoms with Crippen LogP contribution in [0.2, 0.25) is 0 Å². The molecule has 1 aromatic heterocycles. The number of amides is 1. The van der Waals surface area contributed by atoms with Gasteiger partial charge >= 0.3 is 0 Å². The lowest BCUT2D eigenvalue weighted by Gasteiger charge is -2.26. The van der Waals surface area contributed by atoms with Gasteiger partial charge in [0.25, 0.3) is 0 Å². The molecule has 0 bridgehead atoms. The number of rotatable bonds is 5. The van der Waals surface area contributed by atoms with Crippen molar-refractivity contribution in [1.82, 2.24) is 20.0 Å². The van der Waals surface area contributed by atoms with Crippen LogP contribution in [-0.2, 0) is 18.4 Å². The summed E-state index contributed by atoms with van der Waals surface area (Å²) in [5.41, 5.74) is 1.90. The first-order chi connectivity index (χ1) is 11.6. The Bertz CT molecular complexity index is 721. The van der Waals surface area contributed by atoms with Crippen molar-refractivity contribution in [1.29, 1.82) is 0 Å². The fourth-order valence-corrected chi connectivity index (χ4v) is 3.36. The van der Waals surface area contributed by atoms with Crippen LogP contribution in [0.5, 0.6) is 0 Å². The minimum absolute atomic E-state index is 0. The van der Waals surface area contributed by atoms with Crippen LogP contribution < -0.4 is 5.32 Å². The third-order valence-corrected chi connectivity index (χ3v) is 4.64. The second kappa shape index (κ2) is 8.45. The van der Waals surface area contributed by atoms with E-state index in [1.165, 1.54) is 12.1 Å². The molecule has 0 aliphatic carbocycles. The van der Waals surface area contributed by atoms with E-state index in [4.69, 9.17) is 0 Å². The highest BCUT2D eigenvalue weighted by Crippen LogP contribution is 2.29. The van der Waals surface area contributed by atoms with Crippen LogP contribution >= 0.6 is 12.4 Å². The summed E-state index contributed by atoms with van der Waals surface area (Å²) >= 11 is 0. The summed E-state index contributed by atoms with van der Waals surface area (Å²) in [4.78, 5) is 14.8. The molecule has 1 aliphatic heterocycles. The molecule has 1 aliphatic rings. The summed E-state index contributed by atoms with van der Waals surface area (Å²) in [6, 6.07) is 6.44. The number of hydrogen-bond acceptors (Lipinski definition) is 3. The average molecular weight is 367 g/mol. The minimum Gasteiger partial charge on any atom is -0.338 e. The molecule has 1 aromatic carbocycles. The molecule has 2 heterocycles. The first-order valence-electron chi connectivity index (χ1n) is 8.31. The van der Waals surface area contributed by atoms with E-state index in [2.05, 4.69) is 10.4 Å². The number of halogens is 2. The molecular weight excluding hydrogens is 343 g/mol. The van der Waals surface area contributed by atoms with Crippen LogP contribution in [0.25, 0.3) is 0 Å². The molecule has 1 fully saturated rings. The van der Waals surface area contributed by atoms with Crippen molar-refractivity contribution in [3.05, 3.63) is 53.6 Å². The fourth-order valence-electron chi connectivity index (χ4n) is 3.36. The molecule has 2 aromatic rings. The van der Waals surface area contributed by atoms with Gasteiger partial charge in [-0.25, -0.2) is 4.39 Å². The van der Waals surface area contributed by atoms with Gasteiger partial charge in [-0.15, -0.1) is 12.4 Å². The zero-order valence-electron chi connectivity index (χ0n) is 14.5. The zero-order valence-corrected chi connectivity index (χ0v) is 15.3. The van der Waals surface area contributed by atoms with Gasteiger partial charge in [0, 0.05) is 45.3 Å². The van der Waals surface area contributed by atoms with E-state index in [0.717, 1.165) is 17.7 Å². The Hall–Kier alpha value is -1.92. The summed E-state index contributed by atoms with van der Waals surface area (Å²) in [7, 11) is 1.88. The number of nitrogens with one attached hydrogen (secondary N) is 1. The zero-order chi connectivity index (χ0) is 17.1. The Kier molecular flexibility index (Phi) is 6.56. The molecule has 0 radical (unpaired) electrons. The van der Waals surface area contributed by atoms with Crippen LogP contribution in [0.15, 0.2) is 36.7 Å². The predicted octanol–water partition coefficient (Wildman–Crippen LogP) is 2.33. The Morgan fingerprint density at radius 2 is 2.24 bits per heavy atom. The summed E-state index contributed by atoms with van der Waals surface area (Å²) in [5, 5.41) is 7.54. The summed E-state index contributed by atoms with van der Waals surface area (Å²) < 4.78 is 15.1. The summed E-state index contributed by atoms with van der Waals surface area (Å²) in [6.07, 6.45) is 3.81. The molecule has 1 saturated heterocycles. The highest BCUT2D eigenvalue weighted by molar-refractivity contribution is 5.85.